The van der Waals surface area contributed by atoms with E-state index in [1.165, 1.54) is 0 Å². The van der Waals surface area contributed by atoms with Crippen molar-refractivity contribution in [1.82, 2.24) is 10.3 Å². The van der Waals surface area contributed by atoms with Crippen LogP contribution in [0, 0.1) is 0 Å². The number of rotatable bonds is 3. The van der Waals surface area contributed by atoms with Gasteiger partial charge in [-0.15, -0.1) is 0 Å². The van der Waals surface area contributed by atoms with E-state index in [2.05, 4.69) is 26.2 Å². The molecule has 4 nitrogen and oxygen atoms in total. The highest BCUT2D eigenvalue weighted by atomic mass is 79.9. The molecule has 0 radical (unpaired) electrons. The molecule has 92 valence electrons. The number of nitrogens with zero attached hydrogens (tertiary/aromatic N) is 1. The van der Waals surface area contributed by atoms with E-state index < -0.39 is 0 Å². The molecule has 3 N–H and O–H groups in total. The summed E-state index contributed by atoms with van der Waals surface area (Å²) >= 11 is 3.32. The second-order valence-corrected chi connectivity index (χ2v) is 4.69. The van der Waals surface area contributed by atoms with Gasteiger partial charge in [-0.2, -0.15) is 0 Å². The molecule has 1 amide bonds. The number of anilines is 1. The number of halogens is 1. The molecular weight excluding hydrogens is 294 g/mol. The van der Waals surface area contributed by atoms with Gasteiger partial charge >= 0.3 is 0 Å². The van der Waals surface area contributed by atoms with Crippen LogP contribution in [-0.4, -0.2) is 10.9 Å². The third-order valence-corrected chi connectivity index (χ3v) is 2.96. The molecule has 5 heteroatoms. The standard InChI is InChI=1S/C13H12BrN3O/c14-10-1-2-12(15)11(7-10)13(18)17-8-9-3-5-16-6-4-9/h1-7H,8,15H2,(H,17,18). The summed E-state index contributed by atoms with van der Waals surface area (Å²) in [7, 11) is 0. The van der Waals surface area contributed by atoms with Gasteiger partial charge in [-0.3, -0.25) is 9.78 Å². The quantitative estimate of drug-likeness (QED) is 0.855. The molecule has 2 aromatic rings. The Morgan fingerprint density at radius 3 is 2.72 bits per heavy atom. The molecule has 0 aliphatic carbocycles. The van der Waals surface area contributed by atoms with Gasteiger partial charge in [0.25, 0.3) is 5.91 Å². The molecule has 0 fully saturated rings. The molecule has 0 aliphatic heterocycles. The molecule has 0 aliphatic rings. The molecule has 0 atom stereocenters. The van der Waals surface area contributed by atoms with Gasteiger partial charge in [0.2, 0.25) is 0 Å². The largest absolute Gasteiger partial charge is 0.398 e. The molecule has 2 rings (SSSR count). The number of pyridine rings is 1. The van der Waals surface area contributed by atoms with Crippen molar-refractivity contribution in [2.75, 3.05) is 5.73 Å². The van der Waals surface area contributed by atoms with E-state index in [9.17, 15) is 4.79 Å². The maximum atomic E-state index is 12.0. The molecule has 18 heavy (non-hydrogen) atoms. The molecule has 0 saturated heterocycles. The molecule has 0 saturated carbocycles. The van der Waals surface area contributed by atoms with Gasteiger partial charge in [-0.1, -0.05) is 15.9 Å². The average molecular weight is 306 g/mol. The maximum absolute atomic E-state index is 12.0. The van der Waals surface area contributed by atoms with Crippen LogP contribution in [0.3, 0.4) is 0 Å². The van der Waals surface area contributed by atoms with Crippen molar-refractivity contribution >= 4 is 27.5 Å². The smallest absolute Gasteiger partial charge is 0.253 e. The first kappa shape index (κ1) is 12.6. The lowest BCUT2D eigenvalue weighted by molar-refractivity contribution is 0.0951. The number of hydrogen-bond donors (Lipinski definition) is 2. The fourth-order valence-corrected chi connectivity index (χ4v) is 1.86. The first-order valence-corrected chi connectivity index (χ1v) is 6.18. The fraction of sp³-hybridized carbons (Fsp3) is 0.0769. The van der Waals surface area contributed by atoms with E-state index in [0.29, 0.717) is 17.8 Å². The number of nitrogens with two attached hydrogens (primary N) is 1. The molecular formula is C13H12BrN3O. The lowest BCUT2D eigenvalue weighted by atomic mass is 10.1. The van der Waals surface area contributed by atoms with Crippen LogP contribution in [0.4, 0.5) is 5.69 Å². The highest BCUT2D eigenvalue weighted by Gasteiger charge is 2.09. The van der Waals surface area contributed by atoms with Crippen molar-refractivity contribution < 1.29 is 4.79 Å². The van der Waals surface area contributed by atoms with Crippen LogP contribution >= 0.6 is 15.9 Å². The van der Waals surface area contributed by atoms with Crippen LogP contribution in [0.1, 0.15) is 15.9 Å². The van der Waals surface area contributed by atoms with Gasteiger partial charge in [0.05, 0.1) is 5.56 Å². The van der Waals surface area contributed by atoms with E-state index in [1.807, 2.05) is 12.1 Å². The van der Waals surface area contributed by atoms with Crippen LogP contribution in [-0.2, 0) is 6.54 Å². The monoisotopic (exact) mass is 305 g/mol. The Bertz CT molecular complexity index is 557. The predicted octanol–water partition coefficient (Wildman–Crippen LogP) is 2.36. The van der Waals surface area contributed by atoms with Gasteiger partial charge in [0, 0.05) is 29.1 Å². The van der Waals surface area contributed by atoms with Crippen LogP contribution in [0.2, 0.25) is 0 Å². The zero-order valence-corrected chi connectivity index (χ0v) is 11.1. The number of aromatic nitrogens is 1. The van der Waals surface area contributed by atoms with E-state index in [0.717, 1.165) is 10.0 Å². The Labute approximate surface area is 113 Å². The number of benzene rings is 1. The molecule has 1 aromatic carbocycles. The Balaban J connectivity index is 2.06. The van der Waals surface area contributed by atoms with Gasteiger partial charge in [0.1, 0.15) is 0 Å². The van der Waals surface area contributed by atoms with Crippen LogP contribution < -0.4 is 11.1 Å². The van der Waals surface area contributed by atoms with Crippen LogP contribution in [0.5, 0.6) is 0 Å². The predicted molar refractivity (Wildman–Crippen MR) is 74.0 cm³/mol. The summed E-state index contributed by atoms with van der Waals surface area (Å²) < 4.78 is 0.825. The average Bonchev–Trinajstić information content (AvgIpc) is 2.40. The van der Waals surface area contributed by atoms with Crippen molar-refractivity contribution in [3.8, 4) is 0 Å². The minimum Gasteiger partial charge on any atom is -0.398 e. The van der Waals surface area contributed by atoms with Crippen molar-refractivity contribution in [2.24, 2.45) is 0 Å². The Kier molecular flexibility index (Phi) is 3.94. The third-order valence-electron chi connectivity index (χ3n) is 2.46. The summed E-state index contributed by atoms with van der Waals surface area (Å²) in [5.41, 5.74) is 7.69. The maximum Gasteiger partial charge on any atom is 0.253 e. The van der Waals surface area contributed by atoms with Gasteiger partial charge in [-0.25, -0.2) is 0 Å². The van der Waals surface area contributed by atoms with Gasteiger partial charge in [-0.05, 0) is 35.9 Å². The molecule has 0 spiro atoms. The van der Waals surface area contributed by atoms with Crippen LogP contribution in [0.25, 0.3) is 0 Å². The lowest BCUT2D eigenvalue weighted by Gasteiger charge is -2.08. The number of carbonyl (C=O) groups excluding carboxylic acids is 1. The first-order chi connectivity index (χ1) is 8.66. The number of carbonyl (C=O) groups is 1. The van der Waals surface area contributed by atoms with Crippen molar-refractivity contribution in [1.29, 1.82) is 0 Å². The number of nitrogens with one attached hydrogen (secondary N) is 1. The summed E-state index contributed by atoms with van der Waals surface area (Å²) in [5.74, 6) is -0.189. The van der Waals surface area contributed by atoms with Crippen molar-refractivity contribution in [3.05, 3.63) is 58.3 Å². The second kappa shape index (κ2) is 5.64. The number of nitrogen functional groups attached to an aromatic ring is 1. The van der Waals surface area contributed by atoms with Crippen molar-refractivity contribution in [3.63, 3.8) is 0 Å². The summed E-state index contributed by atoms with van der Waals surface area (Å²) in [6.45, 7) is 0.452. The summed E-state index contributed by atoms with van der Waals surface area (Å²) in [5, 5.41) is 2.82. The number of amides is 1. The fourth-order valence-electron chi connectivity index (χ4n) is 1.50. The molecule has 0 bridgehead atoms. The zero-order chi connectivity index (χ0) is 13.0. The Morgan fingerprint density at radius 1 is 1.28 bits per heavy atom. The summed E-state index contributed by atoms with van der Waals surface area (Å²) in [6, 6.07) is 8.91. The highest BCUT2D eigenvalue weighted by Crippen LogP contribution is 2.18. The van der Waals surface area contributed by atoms with Gasteiger partial charge in [0.15, 0.2) is 0 Å². The lowest BCUT2D eigenvalue weighted by Crippen LogP contribution is -2.23. The van der Waals surface area contributed by atoms with E-state index in [1.54, 1.807) is 30.6 Å². The minimum absolute atomic E-state index is 0.189. The zero-order valence-electron chi connectivity index (χ0n) is 9.56. The Hall–Kier alpha value is -1.88. The Morgan fingerprint density at radius 2 is 2.00 bits per heavy atom. The number of hydrogen-bond acceptors (Lipinski definition) is 3. The second-order valence-electron chi connectivity index (χ2n) is 3.77. The normalized spacial score (nSPS) is 10.1. The molecule has 1 heterocycles. The topological polar surface area (TPSA) is 68.0 Å². The van der Waals surface area contributed by atoms with Crippen LogP contribution in [0.15, 0.2) is 47.2 Å². The highest BCUT2D eigenvalue weighted by molar-refractivity contribution is 9.10. The molecule has 1 aromatic heterocycles. The van der Waals surface area contributed by atoms with E-state index in [4.69, 9.17) is 5.73 Å². The molecule has 0 unspecified atom stereocenters. The van der Waals surface area contributed by atoms with E-state index in [-0.39, 0.29) is 5.91 Å². The SMILES string of the molecule is Nc1ccc(Br)cc1C(=O)NCc1ccncc1. The third kappa shape index (κ3) is 3.07. The minimum atomic E-state index is -0.189. The van der Waals surface area contributed by atoms with Crippen molar-refractivity contribution in [2.45, 2.75) is 6.54 Å². The van der Waals surface area contributed by atoms with E-state index >= 15 is 0 Å². The van der Waals surface area contributed by atoms with Gasteiger partial charge < -0.3 is 11.1 Å². The summed E-state index contributed by atoms with van der Waals surface area (Å²) in [6.07, 6.45) is 3.38. The summed E-state index contributed by atoms with van der Waals surface area (Å²) in [4.78, 5) is 15.9. The first-order valence-electron chi connectivity index (χ1n) is 5.39.